The minimum atomic E-state index is -0.906. The molecule has 7 nitrogen and oxygen atoms in total. The van der Waals surface area contributed by atoms with Crippen molar-refractivity contribution in [2.45, 2.75) is 0 Å². The summed E-state index contributed by atoms with van der Waals surface area (Å²) in [4.78, 5) is 36.5. The fourth-order valence-corrected chi connectivity index (χ4v) is 3.32. The zero-order chi connectivity index (χ0) is 23.9. The van der Waals surface area contributed by atoms with Crippen molar-refractivity contribution in [3.63, 3.8) is 0 Å². The van der Waals surface area contributed by atoms with E-state index in [1.807, 2.05) is 30.3 Å². The van der Waals surface area contributed by atoms with E-state index < -0.39 is 17.8 Å². The third-order valence-electron chi connectivity index (χ3n) is 4.77. The topological polar surface area (TPSA) is 96.9 Å². The van der Waals surface area contributed by atoms with Gasteiger partial charge in [0.15, 0.2) is 0 Å². The molecule has 0 atom stereocenters. The monoisotopic (exact) mass is 471 g/mol. The van der Waals surface area contributed by atoms with E-state index in [2.05, 4.69) is 15.8 Å². The van der Waals surface area contributed by atoms with E-state index in [0.29, 0.717) is 27.6 Å². The molecule has 0 saturated carbocycles. The van der Waals surface area contributed by atoms with Gasteiger partial charge in [0.2, 0.25) is 0 Å². The number of benzene rings is 4. The Labute approximate surface area is 200 Å². The lowest BCUT2D eigenvalue weighted by Crippen LogP contribution is -2.32. The van der Waals surface area contributed by atoms with Crippen molar-refractivity contribution in [2.75, 3.05) is 5.32 Å². The van der Waals surface area contributed by atoms with Crippen LogP contribution >= 0.6 is 11.6 Å². The Morgan fingerprint density at radius 2 is 1.56 bits per heavy atom. The van der Waals surface area contributed by atoms with Gasteiger partial charge in [-0.1, -0.05) is 54.1 Å². The molecule has 0 bridgehead atoms. The van der Waals surface area contributed by atoms with Gasteiger partial charge in [-0.2, -0.15) is 5.10 Å². The summed E-state index contributed by atoms with van der Waals surface area (Å²) in [6.45, 7) is 0. The Balaban J connectivity index is 1.31. The summed E-state index contributed by atoms with van der Waals surface area (Å²) in [6.07, 6.45) is 1.37. The highest BCUT2D eigenvalue weighted by Crippen LogP contribution is 2.22. The maximum absolute atomic E-state index is 12.2. The van der Waals surface area contributed by atoms with Crippen LogP contribution in [0, 0.1) is 0 Å². The van der Waals surface area contributed by atoms with Crippen LogP contribution in [0.15, 0.2) is 96.1 Å². The number of anilines is 1. The molecule has 8 heteroatoms. The normalized spacial score (nSPS) is 10.7. The zero-order valence-electron chi connectivity index (χ0n) is 17.7. The Bertz CT molecular complexity index is 1400. The zero-order valence-corrected chi connectivity index (χ0v) is 18.5. The molecule has 0 unspecified atom stereocenters. The van der Waals surface area contributed by atoms with E-state index in [1.165, 1.54) is 12.3 Å². The second kappa shape index (κ2) is 10.4. The molecule has 2 amide bonds. The molecule has 0 aromatic heterocycles. The highest BCUT2D eigenvalue weighted by atomic mass is 35.5. The summed E-state index contributed by atoms with van der Waals surface area (Å²) in [5.41, 5.74) is 3.68. The van der Waals surface area contributed by atoms with Crippen LogP contribution in [-0.4, -0.2) is 24.0 Å². The first-order valence-electron chi connectivity index (χ1n) is 10.2. The fraction of sp³-hybridized carbons (Fsp3) is 0. The number of fused-ring (bicyclic) bond motifs is 1. The predicted octanol–water partition coefficient (Wildman–Crippen LogP) is 4.80. The van der Waals surface area contributed by atoms with E-state index in [9.17, 15) is 14.4 Å². The van der Waals surface area contributed by atoms with Gasteiger partial charge < -0.3 is 10.1 Å². The van der Waals surface area contributed by atoms with Gasteiger partial charge in [-0.15, -0.1) is 0 Å². The quantitative estimate of drug-likeness (QED) is 0.144. The molecular formula is C26H18ClN3O4. The van der Waals surface area contributed by atoms with Gasteiger partial charge in [-0.05, 0) is 59.5 Å². The molecule has 0 fully saturated rings. The molecule has 4 rings (SSSR count). The molecule has 0 aliphatic heterocycles. The Kier molecular flexibility index (Phi) is 6.95. The lowest BCUT2D eigenvalue weighted by molar-refractivity contribution is -0.136. The molecule has 0 spiro atoms. The number of esters is 1. The number of nitrogens with one attached hydrogen (secondary N) is 2. The second-order valence-corrected chi connectivity index (χ2v) is 7.59. The van der Waals surface area contributed by atoms with E-state index >= 15 is 0 Å². The highest BCUT2D eigenvalue weighted by molar-refractivity contribution is 6.40. The average Bonchev–Trinajstić information content (AvgIpc) is 2.85. The molecule has 2 N–H and O–H groups in total. The molecule has 168 valence electrons. The first-order valence-corrected chi connectivity index (χ1v) is 10.6. The number of hydrazone groups is 1. The van der Waals surface area contributed by atoms with Crippen molar-refractivity contribution in [1.82, 2.24) is 5.43 Å². The SMILES string of the molecule is O=C(N/N=C/c1ccc(OC(=O)c2cccc(Cl)c2)cc1)C(=O)Nc1cccc2ccccc12. The van der Waals surface area contributed by atoms with Gasteiger partial charge in [-0.3, -0.25) is 9.59 Å². The summed E-state index contributed by atoms with van der Waals surface area (Å²) in [6, 6.07) is 25.9. The molecule has 0 saturated heterocycles. The van der Waals surface area contributed by atoms with Crippen LogP contribution in [0.5, 0.6) is 5.75 Å². The number of halogens is 1. The molecule has 0 radical (unpaired) electrons. The van der Waals surface area contributed by atoms with Gasteiger partial charge in [-0.25, -0.2) is 10.2 Å². The number of carbonyl (C=O) groups is 3. The van der Waals surface area contributed by atoms with Crippen molar-refractivity contribution < 1.29 is 19.1 Å². The Hall–Kier alpha value is -4.49. The van der Waals surface area contributed by atoms with Gasteiger partial charge in [0.05, 0.1) is 11.8 Å². The first-order chi connectivity index (χ1) is 16.5. The van der Waals surface area contributed by atoms with Crippen LogP contribution in [0.2, 0.25) is 5.02 Å². The van der Waals surface area contributed by atoms with Gasteiger partial charge in [0.1, 0.15) is 5.75 Å². The van der Waals surface area contributed by atoms with Crippen molar-refractivity contribution in [2.24, 2.45) is 5.10 Å². The average molecular weight is 472 g/mol. The third kappa shape index (κ3) is 5.65. The summed E-state index contributed by atoms with van der Waals surface area (Å²) < 4.78 is 5.31. The maximum atomic E-state index is 12.2. The first kappa shape index (κ1) is 22.7. The van der Waals surface area contributed by atoms with Crippen LogP contribution in [0.25, 0.3) is 10.8 Å². The van der Waals surface area contributed by atoms with Crippen molar-refractivity contribution >= 4 is 52.1 Å². The molecule has 0 aliphatic rings. The molecular weight excluding hydrogens is 454 g/mol. The molecule has 34 heavy (non-hydrogen) atoms. The summed E-state index contributed by atoms with van der Waals surface area (Å²) in [5, 5.41) is 8.61. The lowest BCUT2D eigenvalue weighted by Gasteiger charge is -2.07. The largest absolute Gasteiger partial charge is 0.423 e. The predicted molar refractivity (Wildman–Crippen MR) is 131 cm³/mol. The number of hydrogen-bond acceptors (Lipinski definition) is 5. The summed E-state index contributed by atoms with van der Waals surface area (Å²) in [5.74, 6) is -1.94. The van der Waals surface area contributed by atoms with E-state index in [4.69, 9.17) is 16.3 Å². The summed E-state index contributed by atoms with van der Waals surface area (Å²) >= 11 is 5.89. The number of nitrogens with zero attached hydrogens (tertiary/aromatic N) is 1. The second-order valence-electron chi connectivity index (χ2n) is 7.15. The lowest BCUT2D eigenvalue weighted by atomic mass is 10.1. The molecule has 4 aromatic rings. The Morgan fingerprint density at radius 3 is 2.35 bits per heavy atom. The van der Waals surface area contributed by atoms with Gasteiger partial charge in [0, 0.05) is 16.1 Å². The number of hydrogen-bond donors (Lipinski definition) is 2. The fourth-order valence-electron chi connectivity index (χ4n) is 3.13. The number of amides is 2. The van der Waals surface area contributed by atoms with Gasteiger partial charge in [0.25, 0.3) is 0 Å². The third-order valence-corrected chi connectivity index (χ3v) is 5.01. The van der Waals surface area contributed by atoms with Crippen LogP contribution in [-0.2, 0) is 9.59 Å². The van der Waals surface area contributed by atoms with Crippen molar-refractivity contribution in [3.8, 4) is 5.75 Å². The minimum absolute atomic E-state index is 0.334. The Morgan fingerprint density at radius 1 is 0.824 bits per heavy atom. The van der Waals surface area contributed by atoms with E-state index in [-0.39, 0.29) is 0 Å². The van der Waals surface area contributed by atoms with Crippen molar-refractivity contribution in [3.05, 3.63) is 107 Å². The van der Waals surface area contributed by atoms with Crippen molar-refractivity contribution in [1.29, 1.82) is 0 Å². The molecule has 0 aliphatic carbocycles. The van der Waals surface area contributed by atoms with Crippen LogP contribution in [0.1, 0.15) is 15.9 Å². The molecule has 4 aromatic carbocycles. The van der Waals surface area contributed by atoms with E-state index in [0.717, 1.165) is 10.8 Å². The smallest absolute Gasteiger partial charge is 0.343 e. The number of rotatable bonds is 5. The minimum Gasteiger partial charge on any atom is -0.423 e. The maximum Gasteiger partial charge on any atom is 0.343 e. The molecule has 0 heterocycles. The number of ether oxygens (including phenoxy) is 1. The summed E-state index contributed by atoms with van der Waals surface area (Å²) in [7, 11) is 0. The highest BCUT2D eigenvalue weighted by Gasteiger charge is 2.14. The standard InChI is InChI=1S/C26H18ClN3O4/c27-20-8-3-7-19(15-20)26(33)34-21-13-11-17(12-14-21)16-28-30-25(32)24(31)29-23-10-4-6-18-5-1-2-9-22(18)23/h1-16H,(H,29,31)(H,30,32)/b28-16+. The van der Waals surface area contributed by atoms with Gasteiger partial charge >= 0.3 is 17.8 Å². The number of carbonyl (C=O) groups excluding carboxylic acids is 3. The van der Waals surface area contributed by atoms with Crippen LogP contribution in [0.3, 0.4) is 0 Å². The van der Waals surface area contributed by atoms with Crippen LogP contribution < -0.4 is 15.5 Å². The van der Waals surface area contributed by atoms with E-state index in [1.54, 1.807) is 54.6 Å². The van der Waals surface area contributed by atoms with Crippen LogP contribution in [0.4, 0.5) is 5.69 Å².